The second-order valence-electron chi connectivity index (χ2n) is 4.84. The van der Waals surface area contributed by atoms with Crippen LogP contribution in [0.2, 0.25) is 0 Å². The van der Waals surface area contributed by atoms with Crippen LogP contribution in [0.25, 0.3) is 0 Å². The number of carbonyl (C=O) groups is 1. The van der Waals surface area contributed by atoms with Crippen LogP contribution in [0, 0.1) is 5.41 Å². The summed E-state index contributed by atoms with van der Waals surface area (Å²) in [4.78, 5) is 11.6. The lowest BCUT2D eigenvalue weighted by Gasteiger charge is -2.29. The quantitative estimate of drug-likeness (QED) is 0.708. The Morgan fingerprint density at radius 3 is 2.13 bits per heavy atom. The third kappa shape index (κ3) is 5.14. The van der Waals surface area contributed by atoms with Gasteiger partial charge in [0.2, 0.25) is 0 Å². The van der Waals surface area contributed by atoms with Crippen molar-refractivity contribution in [3.63, 3.8) is 0 Å². The topological polar surface area (TPSA) is 55.8 Å². The third-order valence-corrected chi connectivity index (χ3v) is 1.94. The second kappa shape index (κ2) is 5.47. The predicted molar refractivity (Wildman–Crippen MR) is 57.5 cm³/mol. The van der Waals surface area contributed by atoms with Gasteiger partial charge in [0.1, 0.15) is 5.41 Å². The Labute approximate surface area is 91.6 Å². The van der Waals surface area contributed by atoms with Crippen molar-refractivity contribution in [3.05, 3.63) is 0 Å². The van der Waals surface area contributed by atoms with Crippen LogP contribution in [-0.2, 0) is 14.3 Å². The Morgan fingerprint density at radius 2 is 1.80 bits per heavy atom. The van der Waals surface area contributed by atoms with E-state index < -0.39 is 11.4 Å². The van der Waals surface area contributed by atoms with E-state index in [9.17, 15) is 9.90 Å². The van der Waals surface area contributed by atoms with Gasteiger partial charge in [0.05, 0.1) is 25.4 Å². The Hall–Kier alpha value is -0.610. The fourth-order valence-electron chi connectivity index (χ4n) is 0.850. The minimum Gasteiger partial charge on any atom is -0.465 e. The molecule has 0 saturated heterocycles. The number of carbonyl (C=O) groups excluding carboxylic acids is 1. The van der Waals surface area contributed by atoms with Crippen molar-refractivity contribution in [2.45, 2.75) is 40.2 Å². The van der Waals surface area contributed by atoms with Crippen LogP contribution in [0.4, 0.5) is 0 Å². The molecule has 1 N–H and O–H groups in total. The zero-order chi connectivity index (χ0) is 12.1. The van der Waals surface area contributed by atoms with Crippen LogP contribution in [0.3, 0.4) is 0 Å². The smallest absolute Gasteiger partial charge is 0.316 e. The summed E-state index contributed by atoms with van der Waals surface area (Å²) in [6, 6.07) is 0. The summed E-state index contributed by atoms with van der Waals surface area (Å²) in [5, 5.41) is 9.20. The summed E-state index contributed by atoms with van der Waals surface area (Å²) < 4.78 is 10.4. The number of hydrogen-bond acceptors (Lipinski definition) is 4. The first-order valence-electron chi connectivity index (χ1n) is 5.17. The largest absolute Gasteiger partial charge is 0.465 e. The molecule has 1 unspecified atom stereocenters. The Kier molecular flexibility index (Phi) is 5.24. The van der Waals surface area contributed by atoms with E-state index >= 15 is 0 Å². The van der Waals surface area contributed by atoms with Gasteiger partial charge in [0, 0.05) is 0 Å². The summed E-state index contributed by atoms with van der Waals surface area (Å²) in [6.45, 7) is 9.26. The molecule has 15 heavy (non-hydrogen) atoms. The molecule has 0 aliphatic heterocycles. The van der Waals surface area contributed by atoms with Crippen LogP contribution in [0.15, 0.2) is 0 Å². The zero-order valence-electron chi connectivity index (χ0n) is 10.3. The molecule has 1 atom stereocenters. The number of hydrogen-bond donors (Lipinski definition) is 1. The molecule has 0 amide bonds. The highest BCUT2D eigenvalue weighted by Crippen LogP contribution is 2.21. The molecular formula is C11H22O4. The monoisotopic (exact) mass is 218 g/mol. The van der Waals surface area contributed by atoms with E-state index in [1.807, 2.05) is 20.8 Å². The predicted octanol–water partition coefficient (Wildman–Crippen LogP) is 1.36. The van der Waals surface area contributed by atoms with Crippen molar-refractivity contribution < 1.29 is 19.4 Å². The second-order valence-corrected chi connectivity index (χ2v) is 4.84. The summed E-state index contributed by atoms with van der Waals surface area (Å²) in [5.41, 5.74) is -1.30. The zero-order valence-corrected chi connectivity index (χ0v) is 10.3. The number of ether oxygens (including phenoxy) is 2. The third-order valence-electron chi connectivity index (χ3n) is 1.94. The standard InChI is InChI=1S/C11H22O4/c1-6-14-9(13)11(5,7-12)8-15-10(2,3)4/h12H,6-8H2,1-5H3. The van der Waals surface area contributed by atoms with Crippen molar-refractivity contribution in [1.29, 1.82) is 0 Å². The molecule has 0 spiro atoms. The van der Waals surface area contributed by atoms with Gasteiger partial charge in [0.25, 0.3) is 0 Å². The van der Waals surface area contributed by atoms with Crippen LogP contribution in [0.5, 0.6) is 0 Å². The van der Waals surface area contributed by atoms with Crippen LogP contribution in [0.1, 0.15) is 34.6 Å². The van der Waals surface area contributed by atoms with Gasteiger partial charge in [-0.3, -0.25) is 4.79 Å². The number of aliphatic hydroxyl groups excluding tert-OH is 1. The highest BCUT2D eigenvalue weighted by atomic mass is 16.5. The minimum atomic E-state index is -0.969. The normalized spacial score (nSPS) is 15.9. The van der Waals surface area contributed by atoms with E-state index in [-0.39, 0.29) is 18.8 Å². The summed E-state index contributed by atoms with van der Waals surface area (Å²) in [6.07, 6.45) is 0. The molecule has 0 aromatic rings. The van der Waals surface area contributed by atoms with Crippen molar-refractivity contribution in [3.8, 4) is 0 Å². The lowest BCUT2D eigenvalue weighted by molar-refractivity contribution is -0.165. The Bertz CT molecular complexity index is 207. The number of rotatable bonds is 5. The first kappa shape index (κ1) is 14.4. The molecule has 0 radical (unpaired) electrons. The molecule has 0 aromatic heterocycles. The molecule has 0 aliphatic rings. The van der Waals surface area contributed by atoms with Gasteiger partial charge in [-0.25, -0.2) is 0 Å². The average molecular weight is 218 g/mol. The molecule has 0 aliphatic carbocycles. The number of esters is 1. The SMILES string of the molecule is CCOC(=O)C(C)(CO)COC(C)(C)C. The maximum Gasteiger partial charge on any atom is 0.316 e. The van der Waals surface area contributed by atoms with Gasteiger partial charge < -0.3 is 14.6 Å². The fraction of sp³-hybridized carbons (Fsp3) is 0.909. The highest BCUT2D eigenvalue weighted by Gasteiger charge is 2.35. The first-order valence-corrected chi connectivity index (χ1v) is 5.17. The van der Waals surface area contributed by atoms with Gasteiger partial charge in [-0.15, -0.1) is 0 Å². The van der Waals surface area contributed by atoms with Gasteiger partial charge in [-0.1, -0.05) is 0 Å². The van der Waals surface area contributed by atoms with E-state index in [1.54, 1.807) is 13.8 Å². The average Bonchev–Trinajstić information content (AvgIpc) is 2.13. The maximum absolute atomic E-state index is 11.6. The molecule has 0 aromatic carbocycles. The Morgan fingerprint density at radius 1 is 1.27 bits per heavy atom. The van der Waals surface area contributed by atoms with Crippen LogP contribution >= 0.6 is 0 Å². The fourth-order valence-corrected chi connectivity index (χ4v) is 0.850. The molecule has 4 heteroatoms. The molecular weight excluding hydrogens is 196 g/mol. The van der Waals surface area contributed by atoms with E-state index in [1.165, 1.54) is 0 Å². The summed E-state index contributed by atoms with van der Waals surface area (Å²) in [7, 11) is 0. The van der Waals surface area contributed by atoms with Gasteiger partial charge >= 0.3 is 5.97 Å². The molecule has 0 bridgehead atoms. The summed E-state index contributed by atoms with van der Waals surface area (Å²) >= 11 is 0. The molecule has 0 saturated carbocycles. The highest BCUT2D eigenvalue weighted by molar-refractivity contribution is 5.76. The molecule has 90 valence electrons. The maximum atomic E-state index is 11.6. The van der Waals surface area contributed by atoms with Crippen LogP contribution in [-0.4, -0.2) is 36.5 Å². The molecule has 4 nitrogen and oxygen atoms in total. The minimum absolute atomic E-state index is 0.159. The Balaban J connectivity index is 4.37. The molecule has 0 rings (SSSR count). The molecule has 0 fully saturated rings. The van der Waals surface area contributed by atoms with Gasteiger partial charge in [-0.05, 0) is 34.6 Å². The van der Waals surface area contributed by atoms with Crippen molar-refractivity contribution in [2.75, 3.05) is 19.8 Å². The van der Waals surface area contributed by atoms with E-state index in [0.29, 0.717) is 6.61 Å². The van der Waals surface area contributed by atoms with E-state index in [4.69, 9.17) is 9.47 Å². The van der Waals surface area contributed by atoms with Crippen molar-refractivity contribution in [2.24, 2.45) is 5.41 Å². The first-order chi connectivity index (χ1) is 6.75. The van der Waals surface area contributed by atoms with Crippen LogP contribution < -0.4 is 0 Å². The molecule has 0 heterocycles. The van der Waals surface area contributed by atoms with E-state index in [0.717, 1.165) is 0 Å². The van der Waals surface area contributed by atoms with Crippen molar-refractivity contribution in [1.82, 2.24) is 0 Å². The van der Waals surface area contributed by atoms with Crippen molar-refractivity contribution >= 4 is 5.97 Å². The van der Waals surface area contributed by atoms with Gasteiger partial charge in [0.15, 0.2) is 0 Å². The van der Waals surface area contributed by atoms with E-state index in [2.05, 4.69) is 0 Å². The lowest BCUT2D eigenvalue weighted by Crippen LogP contribution is -2.40. The lowest BCUT2D eigenvalue weighted by atomic mass is 9.93. The summed E-state index contributed by atoms with van der Waals surface area (Å²) in [5.74, 6) is -0.420. The van der Waals surface area contributed by atoms with Gasteiger partial charge in [-0.2, -0.15) is 0 Å². The number of aliphatic hydroxyl groups is 1.